The zero-order chi connectivity index (χ0) is 21.1. The maximum atomic E-state index is 12.1. The van der Waals surface area contributed by atoms with Crippen molar-refractivity contribution in [2.45, 2.75) is 6.16 Å². The summed E-state index contributed by atoms with van der Waals surface area (Å²) in [6, 6.07) is 30.8. The average molecular weight is 453 g/mol. The fraction of sp³-hybridized carbons (Fsp3) is 0.0833. The van der Waals surface area contributed by atoms with Gasteiger partial charge < -0.3 is 0 Å². The summed E-state index contributed by atoms with van der Waals surface area (Å²) in [5.41, 5.74) is 0.822. The van der Waals surface area contributed by atoms with Gasteiger partial charge in [0.1, 0.15) is 0 Å². The second kappa shape index (κ2) is 8.31. The summed E-state index contributed by atoms with van der Waals surface area (Å²) in [5.74, 6) is -3.61. The molecule has 0 saturated heterocycles. The predicted octanol–water partition coefficient (Wildman–Crippen LogP) is 4.69. The van der Waals surface area contributed by atoms with Gasteiger partial charge in [-0.25, -0.2) is 0 Å². The molecule has 3 aromatic carbocycles. The van der Waals surface area contributed by atoms with E-state index in [0.29, 0.717) is 11.2 Å². The van der Waals surface area contributed by atoms with E-state index in [0.717, 1.165) is 21.6 Å². The summed E-state index contributed by atoms with van der Waals surface area (Å²) >= 11 is 9.37. The molecule has 0 spiro atoms. The third-order valence-corrected chi connectivity index (χ3v) is 13.4. The predicted molar refractivity (Wildman–Crippen MR) is 130 cm³/mol. The fourth-order valence-corrected chi connectivity index (χ4v) is 10.7. The van der Waals surface area contributed by atoms with E-state index in [9.17, 15) is 4.79 Å². The molecule has 30 heavy (non-hydrogen) atoms. The Bertz CT molecular complexity index is 1050. The van der Waals surface area contributed by atoms with Crippen LogP contribution in [0.2, 0.25) is 0 Å². The number of nitrogens with one attached hydrogen (secondary N) is 1. The summed E-state index contributed by atoms with van der Waals surface area (Å²) in [4.78, 5) is 16.7. The van der Waals surface area contributed by atoms with E-state index in [2.05, 4.69) is 46.7 Å². The zero-order valence-corrected chi connectivity index (χ0v) is 19.0. The van der Waals surface area contributed by atoms with Crippen molar-refractivity contribution in [3.8, 4) is 0 Å². The average Bonchev–Trinajstić information content (AvgIpc) is 3.28. The molecule has 0 atom stereocenters. The van der Waals surface area contributed by atoms with Crippen molar-refractivity contribution in [2.24, 2.45) is 0 Å². The number of nitrogens with zero attached hydrogens (tertiary/aromatic N) is 1. The second-order valence-electron chi connectivity index (χ2n) is 7.07. The van der Waals surface area contributed by atoms with Crippen molar-refractivity contribution >= 4 is 50.4 Å². The van der Waals surface area contributed by atoms with Crippen molar-refractivity contribution in [2.75, 3.05) is 7.05 Å². The van der Waals surface area contributed by atoms with Crippen LogP contribution in [0.3, 0.4) is 0 Å². The molecule has 0 bridgehead atoms. The molecular formula is C24H22ClN2OPS. The molecular weight excluding hydrogens is 431 g/mol. The van der Waals surface area contributed by atoms with Crippen molar-refractivity contribution in [1.29, 1.82) is 0 Å². The van der Waals surface area contributed by atoms with Crippen LogP contribution in [-0.2, 0) is 6.16 Å². The van der Waals surface area contributed by atoms with E-state index in [-0.39, 0.29) is 5.91 Å². The monoisotopic (exact) mass is 452 g/mol. The minimum atomic E-state index is -3.43. The summed E-state index contributed by atoms with van der Waals surface area (Å²) in [7, 11) is 1.61. The van der Waals surface area contributed by atoms with Crippen LogP contribution in [-0.4, -0.2) is 17.9 Å². The number of amides is 1. The molecule has 1 N–H and O–H groups in total. The van der Waals surface area contributed by atoms with Crippen LogP contribution >= 0.6 is 28.5 Å². The van der Waals surface area contributed by atoms with Crippen LogP contribution in [0.25, 0.3) is 0 Å². The summed E-state index contributed by atoms with van der Waals surface area (Å²) < 4.78 is 0. The molecule has 6 heteroatoms. The standard InChI is InChI=1S/C24H22ClN2OPS/c1-26-23(28)24-27-19(18-30-24)17-29(25,20-11-5-2-6-12-20,21-13-7-3-8-14-21)22-15-9-4-10-16-22/h2-16,18H,17H2,1H3,(H,26,28). The zero-order valence-electron chi connectivity index (χ0n) is 16.5. The van der Waals surface area contributed by atoms with Crippen LogP contribution in [0, 0.1) is 0 Å². The third-order valence-electron chi connectivity index (χ3n) is 5.32. The van der Waals surface area contributed by atoms with Gasteiger partial charge >= 0.3 is 186 Å². The fourth-order valence-electron chi connectivity index (χ4n) is 3.83. The van der Waals surface area contributed by atoms with E-state index in [1.54, 1.807) is 7.05 Å². The van der Waals surface area contributed by atoms with Crippen molar-refractivity contribution in [3.05, 3.63) is 107 Å². The number of thiazole rings is 1. The Labute approximate surface area is 185 Å². The van der Waals surface area contributed by atoms with Crippen LogP contribution in [0.4, 0.5) is 0 Å². The number of halogens is 1. The van der Waals surface area contributed by atoms with Gasteiger partial charge in [0.2, 0.25) is 0 Å². The number of carbonyl (C=O) groups excluding carboxylic acids is 1. The van der Waals surface area contributed by atoms with Gasteiger partial charge in [0.25, 0.3) is 0 Å². The first-order valence-corrected chi connectivity index (χ1v) is 13.8. The Morgan fingerprint density at radius 1 is 0.867 bits per heavy atom. The van der Waals surface area contributed by atoms with Gasteiger partial charge in [0.05, 0.1) is 0 Å². The van der Waals surface area contributed by atoms with Crippen LogP contribution in [0.5, 0.6) is 0 Å². The molecule has 4 aromatic rings. The molecule has 3 nitrogen and oxygen atoms in total. The van der Waals surface area contributed by atoms with Gasteiger partial charge in [-0.3, -0.25) is 0 Å². The maximum absolute atomic E-state index is 12.1. The molecule has 0 saturated carbocycles. The van der Waals surface area contributed by atoms with Gasteiger partial charge in [-0.2, -0.15) is 0 Å². The molecule has 152 valence electrons. The van der Waals surface area contributed by atoms with E-state index >= 15 is 0 Å². The first kappa shape index (κ1) is 20.7. The van der Waals surface area contributed by atoms with Crippen LogP contribution in [0.1, 0.15) is 15.5 Å². The Balaban J connectivity index is 2.01. The number of rotatable bonds is 6. The Kier molecular flexibility index (Phi) is 5.75. The van der Waals surface area contributed by atoms with Gasteiger partial charge in [-0.05, 0) is 0 Å². The van der Waals surface area contributed by atoms with Crippen LogP contribution < -0.4 is 21.2 Å². The topological polar surface area (TPSA) is 42.0 Å². The third kappa shape index (κ3) is 3.45. The van der Waals surface area contributed by atoms with Crippen molar-refractivity contribution < 1.29 is 4.79 Å². The Morgan fingerprint density at radius 2 is 1.30 bits per heavy atom. The van der Waals surface area contributed by atoms with Gasteiger partial charge in [0.15, 0.2) is 0 Å². The van der Waals surface area contributed by atoms with Crippen molar-refractivity contribution in [3.63, 3.8) is 0 Å². The van der Waals surface area contributed by atoms with E-state index in [4.69, 9.17) is 11.2 Å². The van der Waals surface area contributed by atoms with Crippen LogP contribution in [0.15, 0.2) is 96.4 Å². The number of hydrogen-bond acceptors (Lipinski definition) is 3. The molecule has 0 fully saturated rings. The summed E-state index contributed by atoms with van der Waals surface area (Å²) in [6.07, 6.45) is 0.526. The summed E-state index contributed by atoms with van der Waals surface area (Å²) in [6.45, 7) is 0. The first-order valence-electron chi connectivity index (χ1n) is 9.62. The number of hydrogen-bond donors (Lipinski definition) is 1. The SMILES string of the molecule is CNC(=O)c1nc(CP(Cl)(c2ccccc2)(c2ccccc2)c2ccccc2)cs1. The molecule has 1 aromatic heterocycles. The Hall–Kier alpha value is -2.52. The van der Waals surface area contributed by atoms with Gasteiger partial charge in [-0.15, -0.1) is 0 Å². The van der Waals surface area contributed by atoms with Gasteiger partial charge in [-0.1, -0.05) is 0 Å². The van der Waals surface area contributed by atoms with Crippen molar-refractivity contribution in [1.82, 2.24) is 10.3 Å². The molecule has 0 aliphatic rings. The van der Waals surface area contributed by atoms with E-state index in [1.165, 1.54) is 11.3 Å². The second-order valence-corrected chi connectivity index (χ2v) is 14.4. The number of benzene rings is 3. The molecule has 0 radical (unpaired) electrons. The summed E-state index contributed by atoms with van der Waals surface area (Å²) in [5, 5.41) is 8.29. The first-order chi connectivity index (χ1) is 14.6. The molecule has 0 unspecified atom stereocenters. The molecule has 1 heterocycles. The molecule has 4 rings (SSSR count). The molecule has 0 aliphatic heterocycles. The van der Waals surface area contributed by atoms with Gasteiger partial charge in [0, 0.05) is 0 Å². The number of carbonyl (C=O) groups is 1. The van der Waals surface area contributed by atoms with E-state index in [1.807, 2.05) is 60.0 Å². The molecule has 1 amide bonds. The quantitative estimate of drug-likeness (QED) is 0.431. The van der Waals surface area contributed by atoms with E-state index < -0.39 is 5.96 Å². The molecule has 0 aliphatic carbocycles. The minimum absolute atomic E-state index is 0.180. The number of aromatic nitrogens is 1. The Morgan fingerprint density at radius 3 is 1.70 bits per heavy atom. The normalized spacial score (nSPS) is 12.7.